The van der Waals surface area contributed by atoms with Gasteiger partial charge in [-0.05, 0) is 49.4 Å². The molecule has 3 fully saturated rings. The van der Waals surface area contributed by atoms with Gasteiger partial charge in [0.2, 0.25) is 0 Å². The Kier molecular flexibility index (Phi) is 2.55. The summed E-state index contributed by atoms with van der Waals surface area (Å²) in [6.45, 7) is 0. The van der Waals surface area contributed by atoms with Gasteiger partial charge in [-0.3, -0.25) is 0 Å². The van der Waals surface area contributed by atoms with Crippen molar-refractivity contribution in [3.8, 4) is 0 Å². The smallest absolute Gasteiger partial charge is 0.0355 e. The van der Waals surface area contributed by atoms with Gasteiger partial charge in [-0.15, -0.1) is 0 Å². The molecule has 0 aliphatic heterocycles. The van der Waals surface area contributed by atoms with Crippen LogP contribution in [0.4, 0.5) is 0 Å². The lowest BCUT2D eigenvalue weighted by atomic mass is 9.58. The van der Waals surface area contributed by atoms with Crippen molar-refractivity contribution in [2.24, 2.45) is 23.7 Å². The van der Waals surface area contributed by atoms with Gasteiger partial charge in [0, 0.05) is 0 Å². The van der Waals surface area contributed by atoms with Crippen LogP contribution in [0.25, 0.3) is 0 Å². The van der Waals surface area contributed by atoms with Crippen LogP contribution in [0.1, 0.15) is 64.2 Å². The molecule has 0 nitrogen and oxygen atoms in total. The number of hydrogen-bond acceptors (Lipinski definition) is 0. The molecule has 0 spiro atoms. The van der Waals surface area contributed by atoms with Gasteiger partial charge in [0.05, 0.1) is 0 Å². The van der Waals surface area contributed by atoms with Crippen LogP contribution in [-0.4, -0.2) is 0 Å². The van der Waals surface area contributed by atoms with Crippen LogP contribution in [0.3, 0.4) is 0 Å². The maximum absolute atomic E-state index is 1.59. The molecule has 3 saturated carbocycles. The lowest BCUT2D eigenvalue weighted by Gasteiger charge is -2.48. The van der Waals surface area contributed by atoms with E-state index in [1.165, 1.54) is 11.8 Å². The van der Waals surface area contributed by atoms with Crippen LogP contribution in [0.2, 0.25) is 0 Å². The molecule has 14 heavy (non-hydrogen) atoms. The van der Waals surface area contributed by atoms with Crippen LogP contribution in [0.5, 0.6) is 0 Å². The van der Waals surface area contributed by atoms with Crippen molar-refractivity contribution in [1.82, 2.24) is 0 Å². The second kappa shape index (κ2) is 3.87. The molecule has 0 amide bonds. The lowest BCUT2D eigenvalue weighted by Crippen LogP contribution is -2.38. The Morgan fingerprint density at radius 3 is 1.36 bits per heavy atom. The van der Waals surface area contributed by atoms with Crippen LogP contribution in [-0.2, 0) is 0 Å². The maximum Gasteiger partial charge on any atom is -0.0355 e. The highest BCUT2D eigenvalue weighted by molar-refractivity contribution is 4.91. The summed E-state index contributed by atoms with van der Waals surface area (Å²) in [6, 6.07) is 0. The standard InChI is InChI=1S/C14H24/c1-3-7-13-11(5-1)9-10-12-6-2-4-8-14(12)13/h11-14H,1-10H2/t11?,12?,13-,14?/m1/s1. The van der Waals surface area contributed by atoms with Crippen molar-refractivity contribution in [3.63, 3.8) is 0 Å². The highest BCUT2D eigenvalue weighted by Gasteiger charge is 2.40. The zero-order chi connectivity index (χ0) is 9.38. The van der Waals surface area contributed by atoms with E-state index < -0.39 is 0 Å². The van der Waals surface area contributed by atoms with Crippen molar-refractivity contribution in [2.45, 2.75) is 64.2 Å². The average Bonchev–Trinajstić information content (AvgIpc) is 2.29. The lowest BCUT2D eigenvalue weighted by molar-refractivity contribution is 0.0278. The predicted molar refractivity (Wildman–Crippen MR) is 60.1 cm³/mol. The van der Waals surface area contributed by atoms with Gasteiger partial charge in [0.1, 0.15) is 0 Å². The molecule has 0 aromatic rings. The third-order valence-electron chi connectivity index (χ3n) is 5.39. The predicted octanol–water partition coefficient (Wildman–Crippen LogP) is 4.39. The van der Waals surface area contributed by atoms with Crippen LogP contribution in [0, 0.1) is 23.7 Å². The molecule has 0 heterocycles. The fraction of sp³-hybridized carbons (Fsp3) is 1.00. The van der Waals surface area contributed by atoms with E-state index in [4.69, 9.17) is 0 Å². The summed E-state index contributed by atoms with van der Waals surface area (Å²) in [4.78, 5) is 0. The van der Waals surface area contributed by atoms with Crippen molar-refractivity contribution in [3.05, 3.63) is 0 Å². The third-order valence-corrected chi connectivity index (χ3v) is 5.39. The SMILES string of the molecule is C1CCC2C(C1)CCC1CCCC[C@H]12. The first-order chi connectivity index (χ1) is 6.95. The zero-order valence-electron chi connectivity index (χ0n) is 9.38. The summed E-state index contributed by atoms with van der Waals surface area (Å²) < 4.78 is 0. The van der Waals surface area contributed by atoms with Crippen LogP contribution >= 0.6 is 0 Å². The van der Waals surface area contributed by atoms with Gasteiger partial charge in [-0.25, -0.2) is 0 Å². The maximum atomic E-state index is 1.59. The average molecular weight is 192 g/mol. The summed E-state index contributed by atoms with van der Waals surface area (Å²) in [6.07, 6.45) is 15.7. The molecule has 80 valence electrons. The molecule has 0 bridgehead atoms. The first kappa shape index (κ1) is 9.24. The fourth-order valence-corrected chi connectivity index (χ4v) is 4.74. The molecule has 3 unspecified atom stereocenters. The molecule has 3 aliphatic rings. The van der Waals surface area contributed by atoms with Crippen molar-refractivity contribution in [1.29, 1.82) is 0 Å². The fourth-order valence-electron chi connectivity index (χ4n) is 4.74. The highest BCUT2D eigenvalue weighted by Crippen LogP contribution is 2.51. The summed E-state index contributed by atoms with van der Waals surface area (Å²) >= 11 is 0. The molecule has 3 aliphatic carbocycles. The molecule has 3 rings (SSSR count). The van der Waals surface area contributed by atoms with Gasteiger partial charge in [-0.2, -0.15) is 0 Å². The van der Waals surface area contributed by atoms with E-state index in [2.05, 4.69) is 0 Å². The number of hydrogen-bond donors (Lipinski definition) is 0. The molecule has 0 aromatic heterocycles. The first-order valence-corrected chi connectivity index (χ1v) is 6.95. The highest BCUT2D eigenvalue weighted by atomic mass is 14.5. The van der Waals surface area contributed by atoms with Crippen LogP contribution < -0.4 is 0 Å². The number of rotatable bonds is 0. The Balaban J connectivity index is 1.74. The van der Waals surface area contributed by atoms with E-state index in [-0.39, 0.29) is 0 Å². The van der Waals surface area contributed by atoms with Crippen molar-refractivity contribution >= 4 is 0 Å². The van der Waals surface area contributed by atoms with Gasteiger partial charge < -0.3 is 0 Å². The molecular formula is C14H24. The molecule has 0 heteroatoms. The number of fused-ring (bicyclic) bond motifs is 3. The molecule has 0 aromatic carbocycles. The zero-order valence-corrected chi connectivity index (χ0v) is 9.38. The largest absolute Gasteiger partial charge is 0.0530 e. The quantitative estimate of drug-likeness (QED) is 0.534. The normalized spacial score (nSPS) is 48.0. The van der Waals surface area contributed by atoms with Crippen molar-refractivity contribution < 1.29 is 0 Å². The van der Waals surface area contributed by atoms with Crippen LogP contribution in [0.15, 0.2) is 0 Å². The molecule has 0 saturated heterocycles. The molecule has 4 atom stereocenters. The van der Waals surface area contributed by atoms with Gasteiger partial charge >= 0.3 is 0 Å². The van der Waals surface area contributed by atoms with E-state index in [1.807, 2.05) is 0 Å². The van der Waals surface area contributed by atoms with E-state index in [0.29, 0.717) is 0 Å². The Hall–Kier alpha value is 0. The van der Waals surface area contributed by atoms with E-state index in [0.717, 1.165) is 11.8 Å². The Morgan fingerprint density at radius 1 is 0.429 bits per heavy atom. The summed E-state index contributed by atoms with van der Waals surface area (Å²) in [5.41, 5.74) is 0. The van der Waals surface area contributed by atoms with Gasteiger partial charge in [-0.1, -0.05) is 38.5 Å². The molecule has 0 radical (unpaired) electrons. The Morgan fingerprint density at radius 2 is 0.857 bits per heavy atom. The topological polar surface area (TPSA) is 0 Å². The molecule has 0 N–H and O–H groups in total. The monoisotopic (exact) mass is 192 g/mol. The summed E-state index contributed by atoms with van der Waals surface area (Å²) in [7, 11) is 0. The van der Waals surface area contributed by atoms with E-state index in [9.17, 15) is 0 Å². The second-order valence-electron chi connectivity index (χ2n) is 5.99. The minimum Gasteiger partial charge on any atom is -0.0530 e. The van der Waals surface area contributed by atoms with Gasteiger partial charge in [0.25, 0.3) is 0 Å². The van der Waals surface area contributed by atoms with E-state index >= 15 is 0 Å². The Bertz CT molecular complexity index is 174. The minimum atomic E-state index is 1.16. The minimum absolute atomic E-state index is 1.16. The summed E-state index contributed by atoms with van der Waals surface area (Å²) in [5, 5.41) is 0. The van der Waals surface area contributed by atoms with Gasteiger partial charge in [0.15, 0.2) is 0 Å². The second-order valence-corrected chi connectivity index (χ2v) is 5.99. The third kappa shape index (κ3) is 1.51. The van der Waals surface area contributed by atoms with E-state index in [1.54, 1.807) is 64.2 Å². The summed E-state index contributed by atoms with van der Waals surface area (Å²) in [5.74, 6) is 4.65. The van der Waals surface area contributed by atoms with Crippen molar-refractivity contribution in [2.75, 3.05) is 0 Å². The first-order valence-electron chi connectivity index (χ1n) is 6.95. The molecular weight excluding hydrogens is 168 g/mol. The Labute approximate surface area is 88.5 Å².